The summed E-state index contributed by atoms with van der Waals surface area (Å²) in [7, 11) is 0. The molecule has 2 N–H and O–H groups in total. The topological polar surface area (TPSA) is 75.6 Å². The van der Waals surface area contributed by atoms with E-state index in [9.17, 15) is 9.59 Å². The lowest BCUT2D eigenvalue weighted by Crippen LogP contribution is -2.17. The number of rotatable bonds is 5. The first-order chi connectivity index (χ1) is 9.56. The number of benzene rings is 1. The van der Waals surface area contributed by atoms with E-state index < -0.39 is 5.97 Å². The van der Waals surface area contributed by atoms with Crippen LogP contribution in [0.2, 0.25) is 0 Å². The molecular weight excluding hydrogens is 326 g/mol. The molecule has 108 valence electrons. The molecule has 2 rings (SSSR count). The van der Waals surface area contributed by atoms with E-state index in [-0.39, 0.29) is 17.6 Å². The van der Waals surface area contributed by atoms with Crippen molar-refractivity contribution < 1.29 is 19.4 Å². The number of carboxylic acids is 1. The standard InChI is InChI=1S/C14H16BrNO4/c15-9-3-5-11(14(18)19)12(8-9)16-13(17)6-4-10-2-1-7-20-10/h3,5,8,10H,1-2,4,6-7H2,(H,16,17)(H,18,19). The first-order valence-corrected chi connectivity index (χ1v) is 7.30. The number of carboxylic acid groups (broad SMARTS) is 1. The number of halogens is 1. The maximum absolute atomic E-state index is 11.9. The van der Waals surface area contributed by atoms with Crippen LogP contribution in [-0.4, -0.2) is 29.7 Å². The Morgan fingerprint density at radius 1 is 1.45 bits per heavy atom. The molecule has 0 spiro atoms. The minimum atomic E-state index is -1.06. The number of amides is 1. The zero-order valence-electron chi connectivity index (χ0n) is 10.9. The maximum atomic E-state index is 11.9. The maximum Gasteiger partial charge on any atom is 0.337 e. The second-order valence-electron chi connectivity index (χ2n) is 4.72. The fraction of sp³-hybridized carbons (Fsp3) is 0.429. The summed E-state index contributed by atoms with van der Waals surface area (Å²) in [5.74, 6) is -1.26. The summed E-state index contributed by atoms with van der Waals surface area (Å²) in [6.45, 7) is 0.765. The molecule has 1 aliphatic heterocycles. The van der Waals surface area contributed by atoms with Gasteiger partial charge in [-0.3, -0.25) is 4.79 Å². The highest BCUT2D eigenvalue weighted by molar-refractivity contribution is 9.10. The lowest BCUT2D eigenvalue weighted by Gasteiger charge is -2.11. The van der Waals surface area contributed by atoms with Gasteiger partial charge < -0.3 is 15.2 Å². The Labute approximate surface area is 125 Å². The van der Waals surface area contributed by atoms with Gasteiger partial charge in [-0.25, -0.2) is 4.79 Å². The van der Waals surface area contributed by atoms with E-state index in [1.807, 2.05) is 0 Å². The average Bonchev–Trinajstić information content (AvgIpc) is 2.89. The van der Waals surface area contributed by atoms with Gasteiger partial charge in [-0.05, 0) is 37.5 Å². The number of aromatic carboxylic acids is 1. The number of carbonyl (C=O) groups excluding carboxylic acids is 1. The third kappa shape index (κ3) is 4.05. The minimum Gasteiger partial charge on any atom is -0.478 e. The van der Waals surface area contributed by atoms with Crippen LogP contribution < -0.4 is 5.32 Å². The summed E-state index contributed by atoms with van der Waals surface area (Å²) < 4.78 is 6.17. The smallest absolute Gasteiger partial charge is 0.337 e. The van der Waals surface area contributed by atoms with E-state index in [2.05, 4.69) is 21.2 Å². The molecule has 0 aliphatic carbocycles. The lowest BCUT2D eigenvalue weighted by molar-refractivity contribution is -0.116. The zero-order chi connectivity index (χ0) is 14.5. The van der Waals surface area contributed by atoms with Gasteiger partial charge in [-0.15, -0.1) is 0 Å². The van der Waals surface area contributed by atoms with Crippen molar-refractivity contribution in [3.63, 3.8) is 0 Å². The minimum absolute atomic E-state index is 0.0821. The summed E-state index contributed by atoms with van der Waals surface area (Å²) in [5.41, 5.74) is 0.392. The molecule has 1 aliphatic rings. The molecule has 0 saturated carbocycles. The summed E-state index contributed by atoms with van der Waals surface area (Å²) in [6.07, 6.45) is 3.19. The zero-order valence-corrected chi connectivity index (χ0v) is 12.5. The quantitative estimate of drug-likeness (QED) is 0.862. The first-order valence-electron chi connectivity index (χ1n) is 6.50. The van der Waals surface area contributed by atoms with Gasteiger partial charge in [0.1, 0.15) is 0 Å². The molecule has 1 aromatic rings. The number of anilines is 1. The molecule has 6 heteroatoms. The molecule has 1 fully saturated rings. The lowest BCUT2D eigenvalue weighted by atomic mass is 10.1. The van der Waals surface area contributed by atoms with Crippen molar-refractivity contribution in [2.24, 2.45) is 0 Å². The van der Waals surface area contributed by atoms with Crippen LogP contribution in [0.1, 0.15) is 36.0 Å². The van der Waals surface area contributed by atoms with E-state index in [0.717, 1.165) is 23.9 Å². The van der Waals surface area contributed by atoms with Crippen LogP contribution in [0.25, 0.3) is 0 Å². The second kappa shape index (κ2) is 6.85. The van der Waals surface area contributed by atoms with Crippen LogP contribution in [0.3, 0.4) is 0 Å². The Bertz CT molecular complexity index is 512. The van der Waals surface area contributed by atoms with Crippen molar-refractivity contribution in [2.45, 2.75) is 31.8 Å². The average molecular weight is 342 g/mol. The summed E-state index contributed by atoms with van der Waals surface area (Å²) in [4.78, 5) is 23.0. The molecule has 0 radical (unpaired) electrons. The van der Waals surface area contributed by atoms with Crippen LogP contribution in [-0.2, 0) is 9.53 Å². The molecule has 5 nitrogen and oxygen atoms in total. The summed E-state index contributed by atoms with van der Waals surface area (Å²) in [5, 5.41) is 11.7. The van der Waals surface area contributed by atoms with E-state index >= 15 is 0 Å². The second-order valence-corrected chi connectivity index (χ2v) is 5.63. The molecule has 1 atom stereocenters. The van der Waals surface area contributed by atoms with Gasteiger partial charge in [0.25, 0.3) is 0 Å². The van der Waals surface area contributed by atoms with Gasteiger partial charge in [0, 0.05) is 17.5 Å². The van der Waals surface area contributed by atoms with E-state index in [0.29, 0.717) is 18.5 Å². The Morgan fingerprint density at radius 2 is 2.25 bits per heavy atom. The molecule has 1 aromatic carbocycles. The van der Waals surface area contributed by atoms with Crippen LogP contribution >= 0.6 is 15.9 Å². The molecule has 1 heterocycles. The van der Waals surface area contributed by atoms with Crippen molar-refractivity contribution in [3.8, 4) is 0 Å². The van der Waals surface area contributed by atoms with Gasteiger partial charge in [0.05, 0.1) is 17.4 Å². The molecule has 0 aromatic heterocycles. The van der Waals surface area contributed by atoms with Crippen molar-refractivity contribution >= 4 is 33.5 Å². The first kappa shape index (κ1) is 15.0. The molecule has 20 heavy (non-hydrogen) atoms. The highest BCUT2D eigenvalue weighted by Gasteiger charge is 2.18. The highest BCUT2D eigenvalue weighted by Crippen LogP contribution is 2.22. The Balaban J connectivity index is 1.96. The van der Waals surface area contributed by atoms with E-state index in [4.69, 9.17) is 9.84 Å². The van der Waals surface area contributed by atoms with Gasteiger partial charge in [-0.1, -0.05) is 15.9 Å². The van der Waals surface area contributed by atoms with Gasteiger partial charge in [-0.2, -0.15) is 0 Å². The number of ether oxygens (including phenoxy) is 1. The Morgan fingerprint density at radius 3 is 2.90 bits per heavy atom. The molecule has 1 saturated heterocycles. The molecular formula is C14H16BrNO4. The normalized spacial score (nSPS) is 17.9. The fourth-order valence-corrected chi connectivity index (χ4v) is 2.54. The van der Waals surface area contributed by atoms with Crippen molar-refractivity contribution in [2.75, 3.05) is 11.9 Å². The number of hydrogen-bond donors (Lipinski definition) is 2. The molecule has 0 bridgehead atoms. The predicted molar refractivity (Wildman–Crippen MR) is 77.9 cm³/mol. The van der Waals surface area contributed by atoms with Gasteiger partial charge >= 0.3 is 5.97 Å². The van der Waals surface area contributed by atoms with Crippen LogP contribution in [0.15, 0.2) is 22.7 Å². The van der Waals surface area contributed by atoms with Crippen molar-refractivity contribution in [1.29, 1.82) is 0 Å². The van der Waals surface area contributed by atoms with E-state index in [1.54, 1.807) is 12.1 Å². The SMILES string of the molecule is O=C(CCC1CCCO1)Nc1cc(Br)ccc1C(=O)O. The Kier molecular flexibility index (Phi) is 5.14. The summed E-state index contributed by atoms with van der Waals surface area (Å²) in [6, 6.07) is 4.68. The van der Waals surface area contributed by atoms with Gasteiger partial charge in [0.2, 0.25) is 5.91 Å². The third-order valence-corrected chi connectivity index (χ3v) is 3.70. The van der Waals surface area contributed by atoms with Crippen molar-refractivity contribution in [1.82, 2.24) is 0 Å². The fourth-order valence-electron chi connectivity index (χ4n) is 2.18. The number of hydrogen-bond acceptors (Lipinski definition) is 3. The highest BCUT2D eigenvalue weighted by atomic mass is 79.9. The number of nitrogens with one attached hydrogen (secondary N) is 1. The third-order valence-electron chi connectivity index (χ3n) is 3.20. The summed E-state index contributed by atoms with van der Waals surface area (Å²) >= 11 is 3.26. The van der Waals surface area contributed by atoms with Crippen molar-refractivity contribution in [3.05, 3.63) is 28.2 Å². The molecule has 1 amide bonds. The molecule has 1 unspecified atom stereocenters. The van der Waals surface area contributed by atoms with E-state index in [1.165, 1.54) is 6.07 Å². The Hall–Kier alpha value is -1.40. The van der Waals surface area contributed by atoms with Crippen LogP contribution in [0, 0.1) is 0 Å². The predicted octanol–water partition coefficient (Wildman–Crippen LogP) is 3.05. The van der Waals surface area contributed by atoms with Crippen LogP contribution in [0.5, 0.6) is 0 Å². The largest absolute Gasteiger partial charge is 0.478 e. The monoisotopic (exact) mass is 341 g/mol. The van der Waals surface area contributed by atoms with Crippen LogP contribution in [0.4, 0.5) is 5.69 Å². The van der Waals surface area contributed by atoms with Gasteiger partial charge in [0.15, 0.2) is 0 Å². The number of carbonyl (C=O) groups is 2.